The second kappa shape index (κ2) is 18.4. The minimum Gasteiger partial charge on any atom is -0.454 e. The fourth-order valence-electron chi connectivity index (χ4n) is 5.13. The Kier molecular flexibility index (Phi) is 16.5. The van der Waals surface area contributed by atoms with Gasteiger partial charge < -0.3 is 13.9 Å². The minimum absolute atomic E-state index is 0.0190. The summed E-state index contributed by atoms with van der Waals surface area (Å²) in [4.78, 5) is 49.7. The monoisotopic (exact) mass is 631 g/mol. The van der Waals surface area contributed by atoms with Gasteiger partial charge in [-0.15, -0.1) is 13.2 Å². The Morgan fingerprint density at radius 2 is 1.70 bits per heavy atom. The van der Waals surface area contributed by atoms with Crippen molar-refractivity contribution in [2.75, 3.05) is 7.11 Å². The van der Waals surface area contributed by atoms with Crippen molar-refractivity contribution in [1.29, 1.82) is 0 Å². The van der Waals surface area contributed by atoms with E-state index in [1.165, 1.54) is 6.08 Å². The molecule has 1 fully saturated rings. The van der Waals surface area contributed by atoms with Crippen LogP contribution < -0.4 is 5.32 Å². The summed E-state index contributed by atoms with van der Waals surface area (Å²) in [5, 5.41) is 2.30. The number of rotatable bonds is 19. The van der Waals surface area contributed by atoms with E-state index < -0.39 is 26.3 Å². The average molecular weight is 632 g/mol. The van der Waals surface area contributed by atoms with E-state index in [2.05, 4.69) is 52.3 Å². The van der Waals surface area contributed by atoms with Crippen LogP contribution in [-0.2, 0) is 33.1 Å². The van der Waals surface area contributed by atoms with Crippen LogP contribution >= 0.6 is 0 Å². The molecule has 1 N–H and O–H groups in total. The van der Waals surface area contributed by atoms with Crippen molar-refractivity contribution in [3.63, 3.8) is 0 Å². The Hall–Kier alpha value is -2.62. The summed E-state index contributed by atoms with van der Waals surface area (Å²) in [5.74, 6) is -1.89. The molecule has 248 valence electrons. The molecule has 2 amide bonds. The molecule has 0 unspecified atom stereocenters. The first kappa shape index (κ1) is 39.4. The van der Waals surface area contributed by atoms with Crippen LogP contribution in [0.3, 0.4) is 0 Å². The molecule has 0 aromatic rings. The molecule has 8 nitrogen and oxygen atoms in total. The van der Waals surface area contributed by atoms with Crippen LogP contribution in [0.2, 0.25) is 18.1 Å². The zero-order valence-electron chi connectivity index (χ0n) is 28.6. The highest BCUT2D eigenvalue weighted by Crippen LogP contribution is 2.39. The van der Waals surface area contributed by atoms with Gasteiger partial charge in [0.1, 0.15) is 18.0 Å². The SMILES string of the molecule is C=CCC/C=C/C(=O)O[C@@H](/C(C)=C\[C@@H](C)[C@H](O[Si](C)(C)C(C)(C)C)[C@H](C=C)OC)[C@H](C)C(=O)CCCC1CC(=O)NC(=O)C1. The van der Waals surface area contributed by atoms with E-state index in [9.17, 15) is 19.2 Å². The van der Waals surface area contributed by atoms with Crippen molar-refractivity contribution in [3.8, 4) is 0 Å². The Morgan fingerprint density at radius 1 is 1.09 bits per heavy atom. The van der Waals surface area contributed by atoms with Gasteiger partial charge in [0.25, 0.3) is 0 Å². The van der Waals surface area contributed by atoms with Crippen LogP contribution in [0.5, 0.6) is 0 Å². The topological polar surface area (TPSA) is 108 Å². The molecule has 5 atom stereocenters. The summed E-state index contributed by atoms with van der Waals surface area (Å²) in [6.45, 7) is 24.3. The van der Waals surface area contributed by atoms with Crippen LogP contribution in [-0.4, -0.2) is 57.3 Å². The number of ketones is 1. The summed E-state index contributed by atoms with van der Waals surface area (Å²) < 4.78 is 18.5. The maximum atomic E-state index is 13.4. The van der Waals surface area contributed by atoms with Gasteiger partial charge in [0.15, 0.2) is 8.32 Å². The Balaban J connectivity index is 3.23. The van der Waals surface area contributed by atoms with Crippen molar-refractivity contribution < 1.29 is 33.1 Å². The number of carbonyl (C=O) groups is 4. The predicted molar refractivity (Wildman–Crippen MR) is 178 cm³/mol. The van der Waals surface area contributed by atoms with Gasteiger partial charge in [0.05, 0.1) is 12.0 Å². The molecule has 1 aliphatic rings. The summed E-state index contributed by atoms with van der Waals surface area (Å²) in [6, 6.07) is 0. The van der Waals surface area contributed by atoms with Gasteiger partial charge in [-0.3, -0.25) is 19.7 Å². The van der Waals surface area contributed by atoms with Gasteiger partial charge in [-0.05, 0) is 62.2 Å². The molecule has 0 aliphatic carbocycles. The number of carbonyl (C=O) groups excluding carboxylic acids is 4. The third kappa shape index (κ3) is 12.8. The quantitative estimate of drug-likeness (QED) is 0.0408. The van der Waals surface area contributed by atoms with E-state index in [-0.39, 0.29) is 53.1 Å². The molecule has 44 heavy (non-hydrogen) atoms. The fourth-order valence-corrected chi connectivity index (χ4v) is 6.51. The van der Waals surface area contributed by atoms with Crippen LogP contribution in [0.15, 0.2) is 49.1 Å². The molecule has 0 aromatic carbocycles. The summed E-state index contributed by atoms with van der Waals surface area (Å²) in [6.07, 6.45) is 10.6. The van der Waals surface area contributed by atoms with Gasteiger partial charge in [-0.2, -0.15) is 0 Å². The number of Topliss-reactive ketones (excluding diaryl/α,β-unsaturated/α-hetero) is 1. The molecule has 1 aliphatic heterocycles. The summed E-state index contributed by atoms with van der Waals surface area (Å²) in [5.41, 5.74) is 0.753. The molecular weight excluding hydrogens is 574 g/mol. The maximum absolute atomic E-state index is 13.4. The van der Waals surface area contributed by atoms with Crippen molar-refractivity contribution in [1.82, 2.24) is 5.32 Å². The second-order valence-corrected chi connectivity index (χ2v) is 18.3. The first-order chi connectivity index (χ1) is 20.5. The first-order valence-electron chi connectivity index (χ1n) is 15.8. The summed E-state index contributed by atoms with van der Waals surface area (Å²) in [7, 11) is -0.553. The van der Waals surface area contributed by atoms with E-state index in [1.54, 1.807) is 32.3 Å². The lowest BCUT2D eigenvalue weighted by atomic mass is 9.86. The number of unbranched alkanes of at least 4 members (excludes halogenated alkanes) is 1. The Labute approximate surface area is 266 Å². The molecule has 0 bridgehead atoms. The lowest BCUT2D eigenvalue weighted by Gasteiger charge is -2.42. The van der Waals surface area contributed by atoms with Crippen molar-refractivity contribution in [3.05, 3.63) is 49.1 Å². The zero-order valence-corrected chi connectivity index (χ0v) is 29.6. The number of allylic oxidation sites excluding steroid dienone is 2. The molecular formula is C35H57NO7Si. The first-order valence-corrected chi connectivity index (χ1v) is 18.7. The number of ether oxygens (including phenoxy) is 2. The van der Waals surface area contributed by atoms with E-state index in [0.29, 0.717) is 32.1 Å². The predicted octanol–water partition coefficient (Wildman–Crippen LogP) is 7.02. The fraction of sp³-hybridized carbons (Fsp3) is 0.657. The van der Waals surface area contributed by atoms with Gasteiger partial charge in [0, 0.05) is 38.4 Å². The molecule has 0 aromatic heterocycles. The largest absolute Gasteiger partial charge is 0.454 e. The van der Waals surface area contributed by atoms with Gasteiger partial charge in [0.2, 0.25) is 11.8 Å². The zero-order chi connectivity index (χ0) is 33.7. The van der Waals surface area contributed by atoms with Crippen molar-refractivity contribution in [2.45, 2.75) is 123 Å². The number of methoxy groups -OCH3 is 1. The number of amides is 2. The Bertz CT molecular complexity index is 1060. The van der Waals surface area contributed by atoms with E-state index >= 15 is 0 Å². The van der Waals surface area contributed by atoms with Crippen LogP contribution in [0.25, 0.3) is 0 Å². The standard InChI is InChI=1S/C35H57NO7Si/c1-12-14-15-16-20-32(40)42-33(26(5)28(37)19-17-18-27-22-30(38)36-31(39)23-27)24(3)21-25(4)34(29(13-2)41-9)43-44(10,11)35(6,7)8/h12-13,16,20-21,25-27,29,33-34H,1-2,14-15,17-19,22-23H2,3-11H3,(H,36,38,39)/b20-16+,24-21-/t25-,26-,29+,33+,34+/m1/s1. The van der Waals surface area contributed by atoms with Crippen molar-refractivity contribution >= 4 is 31.9 Å². The number of piperidine rings is 1. The van der Waals surface area contributed by atoms with Crippen LogP contribution in [0.1, 0.15) is 86.5 Å². The average Bonchev–Trinajstić information content (AvgIpc) is 2.92. The lowest BCUT2D eigenvalue weighted by Crippen LogP contribution is -2.49. The third-order valence-electron chi connectivity index (χ3n) is 8.82. The number of imide groups is 1. The highest BCUT2D eigenvalue weighted by Gasteiger charge is 2.42. The molecule has 0 radical (unpaired) electrons. The van der Waals surface area contributed by atoms with Gasteiger partial charge in [-0.25, -0.2) is 4.79 Å². The van der Waals surface area contributed by atoms with Crippen molar-refractivity contribution in [2.24, 2.45) is 17.8 Å². The maximum Gasteiger partial charge on any atom is 0.331 e. The molecule has 1 saturated heterocycles. The molecule has 1 heterocycles. The number of esters is 1. The van der Waals surface area contributed by atoms with E-state index in [1.807, 2.05) is 19.9 Å². The Morgan fingerprint density at radius 3 is 2.23 bits per heavy atom. The molecule has 9 heteroatoms. The van der Waals surface area contributed by atoms with Gasteiger partial charge >= 0.3 is 5.97 Å². The minimum atomic E-state index is -2.19. The normalized spacial score (nSPS) is 18.7. The van der Waals surface area contributed by atoms with Crippen LogP contribution in [0, 0.1) is 17.8 Å². The smallest absolute Gasteiger partial charge is 0.331 e. The van der Waals surface area contributed by atoms with E-state index in [4.69, 9.17) is 13.9 Å². The highest BCUT2D eigenvalue weighted by molar-refractivity contribution is 6.74. The molecule has 0 saturated carbocycles. The second-order valence-electron chi connectivity index (χ2n) is 13.6. The lowest BCUT2D eigenvalue weighted by molar-refractivity contribution is -0.145. The van der Waals surface area contributed by atoms with Gasteiger partial charge in [-0.1, -0.05) is 58.9 Å². The number of nitrogens with one attached hydrogen (secondary N) is 1. The van der Waals surface area contributed by atoms with Crippen LogP contribution in [0.4, 0.5) is 0 Å². The molecule has 1 rings (SSSR count). The third-order valence-corrected chi connectivity index (χ3v) is 13.3. The number of hydrogen-bond acceptors (Lipinski definition) is 7. The number of hydrogen-bond donors (Lipinski definition) is 1. The molecule has 0 spiro atoms. The van der Waals surface area contributed by atoms with E-state index in [0.717, 1.165) is 12.0 Å². The highest BCUT2D eigenvalue weighted by atomic mass is 28.4. The summed E-state index contributed by atoms with van der Waals surface area (Å²) >= 11 is 0.